The van der Waals surface area contributed by atoms with Gasteiger partial charge in [0, 0.05) is 17.7 Å². The quantitative estimate of drug-likeness (QED) is 0.602. The fourth-order valence-corrected chi connectivity index (χ4v) is 2.64. The molecule has 1 amide bonds. The number of nitro groups is 1. The molecule has 0 radical (unpaired) electrons. The monoisotopic (exact) mass is 352 g/mol. The Morgan fingerprint density at radius 3 is 3.00 bits per heavy atom. The van der Waals surface area contributed by atoms with Crippen LogP contribution in [-0.2, 0) is 17.8 Å². The lowest BCUT2D eigenvalue weighted by Gasteiger charge is -2.27. The Bertz CT molecular complexity index is 735. The van der Waals surface area contributed by atoms with Gasteiger partial charge in [0.05, 0.1) is 0 Å². The molecule has 2 aromatic rings. The second kappa shape index (κ2) is 7.84. The van der Waals surface area contributed by atoms with Crippen LogP contribution in [0.2, 0.25) is 0 Å². The third-order valence-electron chi connectivity index (χ3n) is 3.71. The highest BCUT2D eigenvalue weighted by molar-refractivity contribution is 5.85. The van der Waals surface area contributed by atoms with E-state index in [9.17, 15) is 14.9 Å². The van der Waals surface area contributed by atoms with Crippen LogP contribution in [0.4, 0.5) is 5.95 Å². The number of nitrogens with one attached hydrogen (secondary N) is 2. The van der Waals surface area contributed by atoms with Crippen molar-refractivity contribution >= 4 is 24.3 Å². The van der Waals surface area contributed by atoms with Crippen LogP contribution in [0.1, 0.15) is 17.2 Å². The Morgan fingerprint density at radius 2 is 2.25 bits per heavy atom. The first-order valence-electron chi connectivity index (χ1n) is 7.25. The van der Waals surface area contributed by atoms with Gasteiger partial charge in [-0.05, 0) is 29.0 Å². The van der Waals surface area contributed by atoms with Crippen molar-refractivity contribution in [3.05, 3.63) is 51.8 Å². The molecule has 0 spiro atoms. The zero-order chi connectivity index (χ0) is 16.2. The van der Waals surface area contributed by atoms with Crippen molar-refractivity contribution < 1.29 is 9.72 Å². The summed E-state index contributed by atoms with van der Waals surface area (Å²) in [5.41, 5.74) is 2.48. The first-order chi connectivity index (χ1) is 11.1. The summed E-state index contributed by atoms with van der Waals surface area (Å²) in [4.78, 5) is 25.3. The number of fused-ring (bicyclic) bond motifs is 1. The van der Waals surface area contributed by atoms with Crippen LogP contribution in [0.15, 0.2) is 30.6 Å². The van der Waals surface area contributed by atoms with Gasteiger partial charge in [-0.1, -0.05) is 29.2 Å². The smallest absolute Gasteiger partial charge is 0.390 e. The van der Waals surface area contributed by atoms with Crippen LogP contribution in [0.3, 0.4) is 0 Å². The Kier molecular flexibility index (Phi) is 5.83. The highest BCUT2D eigenvalue weighted by atomic mass is 35.5. The van der Waals surface area contributed by atoms with Crippen LogP contribution in [-0.4, -0.2) is 38.7 Å². The first-order valence-corrected chi connectivity index (χ1v) is 7.25. The molecule has 10 heteroatoms. The summed E-state index contributed by atoms with van der Waals surface area (Å²) in [6.45, 7) is 1.22. The second-order valence-electron chi connectivity index (χ2n) is 5.26. The lowest BCUT2D eigenvalue weighted by Crippen LogP contribution is -2.39. The maximum atomic E-state index is 11.9. The molecular formula is C14H17ClN6O3. The minimum Gasteiger partial charge on any atom is -0.390 e. The number of amides is 1. The van der Waals surface area contributed by atoms with Crippen molar-refractivity contribution in [2.75, 3.05) is 13.1 Å². The summed E-state index contributed by atoms with van der Waals surface area (Å²) in [7, 11) is 0. The molecule has 0 bridgehead atoms. The Morgan fingerprint density at radius 1 is 1.46 bits per heavy atom. The normalized spacial score (nSPS) is 15.9. The lowest BCUT2D eigenvalue weighted by molar-refractivity contribution is -0.394. The van der Waals surface area contributed by atoms with Crippen LogP contribution in [0, 0.1) is 10.1 Å². The van der Waals surface area contributed by atoms with E-state index in [4.69, 9.17) is 0 Å². The number of carbonyl (C=O) groups is 1. The van der Waals surface area contributed by atoms with Crippen molar-refractivity contribution in [1.82, 2.24) is 25.4 Å². The fourth-order valence-electron chi connectivity index (χ4n) is 2.64. The van der Waals surface area contributed by atoms with E-state index in [-0.39, 0.29) is 30.9 Å². The number of rotatable bonds is 5. The number of aromatic nitrogens is 3. The predicted octanol–water partition coefficient (Wildman–Crippen LogP) is 0.611. The molecule has 1 aromatic carbocycles. The molecular weight excluding hydrogens is 336 g/mol. The number of hydrogen-bond donors (Lipinski definition) is 2. The number of hydrogen-bond acceptors (Lipinski definition) is 6. The third kappa shape index (κ3) is 4.06. The molecule has 1 aliphatic rings. The standard InChI is InChI=1S/C14H16N6O3.ClH/c21-13(8-19-9-17-14(18-19)20(22)23)16-7-12-11-4-2-1-3-10(11)5-6-15-12;/h1-4,9,12,15H,5-8H2,(H,16,21);1H. The molecule has 2 heterocycles. The van der Waals surface area contributed by atoms with Gasteiger partial charge in [0.2, 0.25) is 12.2 Å². The van der Waals surface area contributed by atoms with E-state index in [1.807, 2.05) is 12.1 Å². The van der Waals surface area contributed by atoms with Crippen LogP contribution in [0.25, 0.3) is 0 Å². The molecule has 1 aliphatic heterocycles. The first kappa shape index (κ1) is 17.8. The predicted molar refractivity (Wildman–Crippen MR) is 87.8 cm³/mol. The van der Waals surface area contributed by atoms with Gasteiger partial charge in [0.15, 0.2) is 0 Å². The number of benzene rings is 1. The molecule has 1 atom stereocenters. The maximum absolute atomic E-state index is 11.9. The van der Waals surface area contributed by atoms with E-state index in [0.29, 0.717) is 6.54 Å². The van der Waals surface area contributed by atoms with Gasteiger partial charge in [0.1, 0.15) is 6.54 Å². The summed E-state index contributed by atoms with van der Waals surface area (Å²) in [6, 6.07) is 8.21. The summed E-state index contributed by atoms with van der Waals surface area (Å²) in [6.07, 6.45) is 2.15. The van der Waals surface area contributed by atoms with E-state index in [0.717, 1.165) is 17.6 Å². The molecule has 0 saturated carbocycles. The van der Waals surface area contributed by atoms with Crippen molar-refractivity contribution in [3.63, 3.8) is 0 Å². The molecule has 9 nitrogen and oxygen atoms in total. The zero-order valence-electron chi connectivity index (χ0n) is 12.7. The van der Waals surface area contributed by atoms with Crippen molar-refractivity contribution in [3.8, 4) is 0 Å². The minimum atomic E-state index is -0.697. The topological polar surface area (TPSA) is 115 Å². The molecule has 24 heavy (non-hydrogen) atoms. The van der Waals surface area contributed by atoms with Crippen molar-refractivity contribution in [1.29, 1.82) is 0 Å². The number of nitrogens with zero attached hydrogens (tertiary/aromatic N) is 4. The average Bonchev–Trinajstić information content (AvgIpc) is 3.01. The van der Waals surface area contributed by atoms with Crippen molar-refractivity contribution in [2.45, 2.75) is 19.0 Å². The summed E-state index contributed by atoms with van der Waals surface area (Å²) < 4.78 is 1.15. The van der Waals surface area contributed by atoms with Crippen molar-refractivity contribution in [2.24, 2.45) is 0 Å². The highest BCUT2D eigenvalue weighted by Gasteiger charge is 2.20. The van der Waals surface area contributed by atoms with Crippen LogP contribution in [0.5, 0.6) is 0 Å². The van der Waals surface area contributed by atoms with Gasteiger partial charge in [0.25, 0.3) is 0 Å². The third-order valence-corrected chi connectivity index (χ3v) is 3.71. The summed E-state index contributed by atoms with van der Waals surface area (Å²) in [5.74, 6) is -0.782. The zero-order valence-corrected chi connectivity index (χ0v) is 13.5. The molecule has 0 aliphatic carbocycles. The second-order valence-corrected chi connectivity index (χ2v) is 5.26. The SMILES string of the molecule is Cl.O=C(Cn1cnc([N+](=O)[O-])n1)NCC1NCCc2ccccc21. The molecule has 2 N–H and O–H groups in total. The largest absolute Gasteiger partial charge is 0.490 e. The van der Waals surface area contributed by atoms with E-state index in [1.165, 1.54) is 17.5 Å². The van der Waals surface area contributed by atoms with Gasteiger partial charge < -0.3 is 20.7 Å². The Hall–Kier alpha value is -2.52. The molecule has 3 rings (SSSR count). The van der Waals surface area contributed by atoms with E-state index >= 15 is 0 Å². The maximum Gasteiger partial charge on any atom is 0.490 e. The number of halogens is 1. The Balaban J connectivity index is 0.00000208. The highest BCUT2D eigenvalue weighted by Crippen LogP contribution is 2.21. The summed E-state index contributed by atoms with van der Waals surface area (Å²) >= 11 is 0. The van der Waals surface area contributed by atoms with Gasteiger partial charge in [-0.2, -0.15) is 4.68 Å². The van der Waals surface area contributed by atoms with Gasteiger partial charge in [-0.15, -0.1) is 12.4 Å². The van der Waals surface area contributed by atoms with Gasteiger partial charge in [-0.3, -0.25) is 4.79 Å². The van der Waals surface area contributed by atoms with Gasteiger partial charge in [-0.25, -0.2) is 0 Å². The molecule has 1 unspecified atom stereocenters. The fraction of sp³-hybridized carbons (Fsp3) is 0.357. The Labute approximate surface area is 144 Å². The van der Waals surface area contributed by atoms with E-state index in [2.05, 4.69) is 32.8 Å². The van der Waals surface area contributed by atoms with E-state index in [1.54, 1.807) is 0 Å². The summed E-state index contributed by atoms with van der Waals surface area (Å²) in [5, 5.41) is 20.3. The minimum absolute atomic E-state index is 0. The molecule has 0 saturated heterocycles. The number of carbonyl (C=O) groups excluding carboxylic acids is 1. The van der Waals surface area contributed by atoms with Crippen LogP contribution >= 0.6 is 12.4 Å². The van der Waals surface area contributed by atoms with E-state index < -0.39 is 10.9 Å². The molecule has 0 fully saturated rings. The average molecular weight is 353 g/mol. The molecule has 1 aromatic heterocycles. The van der Waals surface area contributed by atoms with Gasteiger partial charge >= 0.3 is 5.95 Å². The molecule has 128 valence electrons. The lowest BCUT2D eigenvalue weighted by atomic mass is 9.94. The van der Waals surface area contributed by atoms with Crippen LogP contribution < -0.4 is 10.6 Å².